The third kappa shape index (κ3) is 4.24. The van der Waals surface area contributed by atoms with Gasteiger partial charge in [0.1, 0.15) is 0 Å². The molecule has 0 aliphatic heterocycles. The van der Waals surface area contributed by atoms with Crippen LogP contribution in [0, 0.1) is 0 Å². The molecule has 1 N–H and O–H groups in total. The van der Waals surface area contributed by atoms with Gasteiger partial charge in [-0.05, 0) is 29.2 Å². The molecule has 0 bridgehead atoms. The maximum atomic E-state index is 5.99. The molecular weight excluding hydrogens is 277 g/mol. The molecule has 0 aliphatic rings. The summed E-state index contributed by atoms with van der Waals surface area (Å²) < 4.78 is 0. The molecule has 3 heteroatoms. The zero-order valence-corrected chi connectivity index (χ0v) is 12.4. The lowest BCUT2D eigenvalue weighted by atomic mass is 10.0. The van der Waals surface area contributed by atoms with Crippen molar-refractivity contribution in [1.82, 2.24) is 5.32 Å². The molecule has 0 saturated heterocycles. The quantitative estimate of drug-likeness (QED) is 0.828. The monoisotopic (exact) mass is 293 g/mol. The number of nitrogens with one attached hydrogen (secondary N) is 1. The molecule has 0 aliphatic carbocycles. The lowest BCUT2D eigenvalue weighted by molar-refractivity contribution is 0.615. The molecular formula is C16H17Cl2N. The lowest BCUT2D eigenvalue weighted by Crippen LogP contribution is -2.19. The second-order valence-electron chi connectivity index (χ2n) is 4.69. The van der Waals surface area contributed by atoms with Gasteiger partial charge in [0.15, 0.2) is 0 Å². The van der Waals surface area contributed by atoms with Crippen molar-refractivity contribution in [3.05, 3.63) is 69.7 Å². The van der Waals surface area contributed by atoms with Gasteiger partial charge in [-0.25, -0.2) is 0 Å². The first-order valence-electron chi connectivity index (χ1n) is 6.36. The zero-order chi connectivity index (χ0) is 13.7. The molecule has 100 valence electrons. The second kappa shape index (κ2) is 6.95. The third-order valence-corrected chi connectivity index (χ3v) is 3.87. The van der Waals surface area contributed by atoms with Gasteiger partial charge >= 0.3 is 0 Å². The van der Waals surface area contributed by atoms with Crippen molar-refractivity contribution in [2.45, 2.75) is 19.4 Å². The number of rotatable bonds is 5. The molecule has 0 amide bonds. The first kappa shape index (κ1) is 14.4. The van der Waals surface area contributed by atoms with Crippen LogP contribution in [0.25, 0.3) is 0 Å². The van der Waals surface area contributed by atoms with E-state index in [1.807, 2.05) is 24.3 Å². The minimum absolute atomic E-state index is 0.490. The standard InChI is InChI=1S/C16H17Cl2N/c1-12(14-5-3-2-4-6-14)10-19-11-13-7-8-15(17)16(18)9-13/h2-9,12,19H,10-11H2,1H3. The van der Waals surface area contributed by atoms with Gasteiger partial charge in [0.05, 0.1) is 10.0 Å². The predicted octanol–water partition coefficient (Wildman–Crippen LogP) is 4.89. The number of hydrogen-bond donors (Lipinski definition) is 1. The topological polar surface area (TPSA) is 12.0 Å². The average molecular weight is 294 g/mol. The van der Waals surface area contributed by atoms with Crippen LogP contribution in [0.4, 0.5) is 0 Å². The second-order valence-corrected chi connectivity index (χ2v) is 5.51. The average Bonchev–Trinajstić information content (AvgIpc) is 2.43. The van der Waals surface area contributed by atoms with E-state index in [2.05, 4.69) is 36.5 Å². The van der Waals surface area contributed by atoms with Crippen molar-refractivity contribution < 1.29 is 0 Å². The van der Waals surface area contributed by atoms with E-state index in [-0.39, 0.29) is 0 Å². The summed E-state index contributed by atoms with van der Waals surface area (Å²) in [6.07, 6.45) is 0. The molecule has 19 heavy (non-hydrogen) atoms. The van der Waals surface area contributed by atoms with Crippen LogP contribution in [0.1, 0.15) is 24.0 Å². The van der Waals surface area contributed by atoms with Crippen LogP contribution < -0.4 is 5.32 Å². The van der Waals surface area contributed by atoms with Gasteiger partial charge in [-0.15, -0.1) is 0 Å². The van der Waals surface area contributed by atoms with Crippen molar-refractivity contribution in [2.24, 2.45) is 0 Å². The molecule has 1 unspecified atom stereocenters. The normalized spacial score (nSPS) is 12.4. The Morgan fingerprint density at radius 2 is 1.74 bits per heavy atom. The fraction of sp³-hybridized carbons (Fsp3) is 0.250. The Balaban J connectivity index is 1.85. The van der Waals surface area contributed by atoms with Crippen molar-refractivity contribution in [3.8, 4) is 0 Å². The lowest BCUT2D eigenvalue weighted by Gasteiger charge is -2.13. The molecule has 0 spiro atoms. The summed E-state index contributed by atoms with van der Waals surface area (Å²) in [5.41, 5.74) is 2.50. The summed E-state index contributed by atoms with van der Waals surface area (Å²) in [5, 5.41) is 4.65. The highest BCUT2D eigenvalue weighted by atomic mass is 35.5. The van der Waals surface area contributed by atoms with Crippen LogP contribution >= 0.6 is 23.2 Å². The van der Waals surface area contributed by atoms with E-state index in [1.54, 1.807) is 0 Å². The van der Waals surface area contributed by atoms with Crippen LogP contribution in [0.15, 0.2) is 48.5 Å². The Hall–Kier alpha value is -1.02. The maximum absolute atomic E-state index is 5.99. The molecule has 0 saturated carbocycles. The van der Waals surface area contributed by atoms with Crippen LogP contribution in [0.2, 0.25) is 10.0 Å². The number of halogens is 2. The minimum Gasteiger partial charge on any atom is -0.312 e. The molecule has 2 aromatic rings. The van der Waals surface area contributed by atoms with Gasteiger partial charge in [0.25, 0.3) is 0 Å². The van der Waals surface area contributed by atoms with Crippen LogP contribution in [-0.4, -0.2) is 6.54 Å². The van der Waals surface area contributed by atoms with E-state index in [9.17, 15) is 0 Å². The Kier molecular flexibility index (Phi) is 5.26. The molecule has 2 aromatic carbocycles. The molecule has 2 rings (SSSR count). The van der Waals surface area contributed by atoms with E-state index in [4.69, 9.17) is 23.2 Å². The Labute approximate surface area is 124 Å². The highest BCUT2D eigenvalue weighted by Crippen LogP contribution is 2.22. The fourth-order valence-corrected chi connectivity index (χ4v) is 2.30. The Bertz CT molecular complexity index is 526. The molecule has 0 fully saturated rings. The fourth-order valence-electron chi connectivity index (χ4n) is 1.98. The zero-order valence-electron chi connectivity index (χ0n) is 10.9. The first-order valence-corrected chi connectivity index (χ1v) is 7.12. The van der Waals surface area contributed by atoms with Gasteiger partial charge in [-0.2, -0.15) is 0 Å². The first-order chi connectivity index (χ1) is 9.16. The summed E-state index contributed by atoms with van der Waals surface area (Å²) >= 11 is 11.9. The van der Waals surface area contributed by atoms with Gasteiger partial charge in [0, 0.05) is 13.1 Å². The van der Waals surface area contributed by atoms with Gasteiger partial charge in [-0.3, -0.25) is 0 Å². The summed E-state index contributed by atoms with van der Waals surface area (Å²) in [4.78, 5) is 0. The molecule has 0 radical (unpaired) electrons. The molecule has 0 heterocycles. The molecule has 1 nitrogen and oxygen atoms in total. The van der Waals surface area contributed by atoms with Crippen LogP contribution in [0.5, 0.6) is 0 Å². The van der Waals surface area contributed by atoms with Gasteiger partial charge < -0.3 is 5.32 Å². The van der Waals surface area contributed by atoms with E-state index >= 15 is 0 Å². The number of benzene rings is 2. The van der Waals surface area contributed by atoms with Gasteiger partial charge in [-0.1, -0.05) is 66.5 Å². The summed E-state index contributed by atoms with van der Waals surface area (Å²) in [7, 11) is 0. The smallest absolute Gasteiger partial charge is 0.0595 e. The maximum Gasteiger partial charge on any atom is 0.0595 e. The van der Waals surface area contributed by atoms with Crippen molar-refractivity contribution in [1.29, 1.82) is 0 Å². The van der Waals surface area contributed by atoms with E-state index < -0.39 is 0 Å². The predicted molar refractivity (Wildman–Crippen MR) is 83.0 cm³/mol. The van der Waals surface area contributed by atoms with Crippen LogP contribution in [-0.2, 0) is 6.54 Å². The summed E-state index contributed by atoms with van der Waals surface area (Å²) in [5.74, 6) is 0.490. The summed E-state index contributed by atoms with van der Waals surface area (Å²) in [6.45, 7) is 3.95. The minimum atomic E-state index is 0.490. The van der Waals surface area contributed by atoms with E-state index in [1.165, 1.54) is 5.56 Å². The van der Waals surface area contributed by atoms with Crippen molar-refractivity contribution in [3.63, 3.8) is 0 Å². The third-order valence-electron chi connectivity index (χ3n) is 3.13. The van der Waals surface area contributed by atoms with E-state index in [0.717, 1.165) is 18.7 Å². The van der Waals surface area contributed by atoms with Crippen molar-refractivity contribution in [2.75, 3.05) is 6.54 Å². The van der Waals surface area contributed by atoms with Crippen molar-refractivity contribution >= 4 is 23.2 Å². The summed E-state index contributed by atoms with van der Waals surface area (Å²) in [6, 6.07) is 16.2. The highest BCUT2D eigenvalue weighted by Gasteiger charge is 2.04. The van der Waals surface area contributed by atoms with Gasteiger partial charge in [0.2, 0.25) is 0 Å². The largest absolute Gasteiger partial charge is 0.312 e. The highest BCUT2D eigenvalue weighted by molar-refractivity contribution is 6.42. The Morgan fingerprint density at radius 1 is 1.00 bits per heavy atom. The number of hydrogen-bond acceptors (Lipinski definition) is 1. The van der Waals surface area contributed by atoms with E-state index in [0.29, 0.717) is 16.0 Å². The van der Waals surface area contributed by atoms with Crippen LogP contribution in [0.3, 0.4) is 0 Å². The SMILES string of the molecule is CC(CNCc1ccc(Cl)c(Cl)c1)c1ccccc1. The molecule has 0 aromatic heterocycles. The molecule has 1 atom stereocenters. The Morgan fingerprint density at radius 3 is 2.42 bits per heavy atom.